The highest BCUT2D eigenvalue weighted by Gasteiger charge is 2.31. The largest absolute Gasteiger partial charge is 0.378 e. The van der Waals surface area contributed by atoms with Gasteiger partial charge < -0.3 is 14.5 Å². The van der Waals surface area contributed by atoms with Crippen LogP contribution < -0.4 is 0 Å². The quantitative estimate of drug-likeness (QED) is 0.833. The maximum absolute atomic E-state index is 12.7. The Morgan fingerprint density at radius 1 is 0.917 bits per heavy atom. The highest BCUT2D eigenvalue weighted by Crippen LogP contribution is 2.22. The van der Waals surface area contributed by atoms with E-state index < -0.39 is 0 Å². The summed E-state index contributed by atoms with van der Waals surface area (Å²) < 4.78 is 5.31. The van der Waals surface area contributed by atoms with Gasteiger partial charge in [-0.1, -0.05) is 17.2 Å². The molecule has 5 nitrogen and oxygen atoms in total. The Morgan fingerprint density at radius 2 is 1.50 bits per heavy atom. The number of carbonyl (C=O) groups is 2. The van der Waals surface area contributed by atoms with Gasteiger partial charge in [-0.05, 0) is 38.8 Å². The zero-order valence-corrected chi connectivity index (χ0v) is 14.6. The third-order valence-corrected chi connectivity index (χ3v) is 4.92. The molecule has 2 heterocycles. The first kappa shape index (κ1) is 17.0. The van der Waals surface area contributed by atoms with Crippen LogP contribution in [-0.4, -0.2) is 61.0 Å². The first-order chi connectivity index (χ1) is 11.5. The lowest BCUT2D eigenvalue weighted by molar-refractivity contribution is -0.141. The second-order valence-electron chi connectivity index (χ2n) is 6.88. The van der Waals surface area contributed by atoms with E-state index in [9.17, 15) is 9.59 Å². The van der Waals surface area contributed by atoms with Crippen LogP contribution in [0.2, 0.25) is 0 Å². The second-order valence-corrected chi connectivity index (χ2v) is 6.88. The molecule has 2 fully saturated rings. The van der Waals surface area contributed by atoms with E-state index in [0.717, 1.165) is 29.5 Å². The molecule has 0 saturated carbocycles. The van der Waals surface area contributed by atoms with E-state index in [2.05, 4.69) is 6.07 Å². The van der Waals surface area contributed by atoms with Gasteiger partial charge in [0.1, 0.15) is 0 Å². The molecule has 3 rings (SSSR count). The number of nitrogens with zero attached hydrogens (tertiary/aromatic N) is 2. The van der Waals surface area contributed by atoms with E-state index >= 15 is 0 Å². The molecule has 0 bridgehead atoms. The van der Waals surface area contributed by atoms with Crippen LogP contribution in [0.3, 0.4) is 0 Å². The lowest BCUT2D eigenvalue weighted by Gasteiger charge is -2.35. The maximum Gasteiger partial charge on any atom is 0.253 e. The van der Waals surface area contributed by atoms with Crippen molar-refractivity contribution in [2.24, 2.45) is 5.92 Å². The number of ether oxygens (including phenoxy) is 1. The minimum atomic E-state index is 0.0476. The number of piperidine rings is 1. The number of likely N-dealkylation sites (tertiary alicyclic amines) is 1. The molecule has 0 aliphatic carbocycles. The molecular weight excluding hydrogens is 304 g/mol. The number of amides is 2. The van der Waals surface area contributed by atoms with Crippen LogP contribution in [-0.2, 0) is 9.53 Å². The van der Waals surface area contributed by atoms with Crippen molar-refractivity contribution in [2.45, 2.75) is 26.7 Å². The van der Waals surface area contributed by atoms with Crippen LogP contribution in [0.5, 0.6) is 0 Å². The summed E-state index contributed by atoms with van der Waals surface area (Å²) in [5.74, 6) is 0.363. The molecule has 2 aliphatic rings. The highest BCUT2D eigenvalue weighted by molar-refractivity contribution is 5.94. The predicted octanol–water partition coefficient (Wildman–Crippen LogP) is 2.01. The van der Waals surface area contributed by atoms with Gasteiger partial charge in [-0.15, -0.1) is 0 Å². The number of hydrogen-bond acceptors (Lipinski definition) is 3. The summed E-state index contributed by atoms with van der Waals surface area (Å²) in [7, 11) is 0. The van der Waals surface area contributed by atoms with Crippen LogP contribution in [0.4, 0.5) is 0 Å². The fourth-order valence-corrected chi connectivity index (χ4v) is 3.65. The SMILES string of the molecule is Cc1cc(C)cc(C(=O)N2CCC(C(=O)N3CCOCC3)CC2)c1. The van der Waals surface area contributed by atoms with Crippen molar-refractivity contribution in [2.75, 3.05) is 39.4 Å². The van der Waals surface area contributed by atoms with Crippen LogP contribution in [0, 0.1) is 19.8 Å². The summed E-state index contributed by atoms with van der Waals surface area (Å²) in [6, 6.07) is 5.96. The standard InChI is InChI=1S/C19H26N2O3/c1-14-11-15(2)13-17(12-14)19(23)20-5-3-16(4-6-20)18(22)21-7-9-24-10-8-21/h11-13,16H,3-10H2,1-2H3. The van der Waals surface area contributed by atoms with E-state index in [4.69, 9.17) is 4.74 Å². The Balaban J connectivity index is 1.58. The summed E-state index contributed by atoms with van der Waals surface area (Å²) in [6.07, 6.45) is 1.51. The van der Waals surface area contributed by atoms with Crippen LogP contribution in [0.25, 0.3) is 0 Å². The average Bonchev–Trinajstić information content (AvgIpc) is 2.60. The lowest BCUT2D eigenvalue weighted by Crippen LogP contribution is -2.47. The topological polar surface area (TPSA) is 49.9 Å². The summed E-state index contributed by atoms with van der Waals surface area (Å²) in [5.41, 5.74) is 2.97. The first-order valence-corrected chi connectivity index (χ1v) is 8.78. The first-order valence-electron chi connectivity index (χ1n) is 8.78. The molecule has 0 radical (unpaired) electrons. The number of benzene rings is 1. The molecular formula is C19H26N2O3. The van der Waals surface area contributed by atoms with Gasteiger partial charge in [-0.25, -0.2) is 0 Å². The molecule has 2 aliphatic heterocycles. The van der Waals surface area contributed by atoms with E-state index in [1.807, 2.05) is 35.8 Å². The number of morpholine rings is 1. The number of rotatable bonds is 2. The van der Waals surface area contributed by atoms with Crippen molar-refractivity contribution in [3.8, 4) is 0 Å². The molecule has 130 valence electrons. The summed E-state index contributed by atoms with van der Waals surface area (Å²) in [5, 5.41) is 0. The van der Waals surface area contributed by atoms with Crippen molar-refractivity contribution < 1.29 is 14.3 Å². The van der Waals surface area contributed by atoms with Gasteiger partial charge in [0.15, 0.2) is 0 Å². The molecule has 0 N–H and O–H groups in total. The van der Waals surface area contributed by atoms with Gasteiger partial charge in [-0.3, -0.25) is 9.59 Å². The Hall–Kier alpha value is -1.88. The summed E-state index contributed by atoms with van der Waals surface area (Å²) >= 11 is 0. The van der Waals surface area contributed by atoms with Crippen molar-refractivity contribution in [3.05, 3.63) is 34.9 Å². The Kier molecular flexibility index (Phi) is 5.19. The minimum Gasteiger partial charge on any atom is -0.378 e. The van der Waals surface area contributed by atoms with Crippen molar-refractivity contribution in [1.82, 2.24) is 9.80 Å². The zero-order chi connectivity index (χ0) is 17.1. The predicted molar refractivity (Wildman–Crippen MR) is 91.9 cm³/mol. The number of aryl methyl sites for hydroxylation is 2. The highest BCUT2D eigenvalue weighted by atomic mass is 16.5. The molecule has 1 aromatic carbocycles. The smallest absolute Gasteiger partial charge is 0.253 e. The molecule has 0 aromatic heterocycles. The summed E-state index contributed by atoms with van der Waals surface area (Å²) in [4.78, 5) is 29.1. The van der Waals surface area contributed by atoms with Crippen LogP contribution in [0.1, 0.15) is 34.3 Å². The molecule has 5 heteroatoms. The van der Waals surface area contributed by atoms with Gasteiger partial charge in [-0.2, -0.15) is 0 Å². The number of hydrogen-bond donors (Lipinski definition) is 0. The van der Waals surface area contributed by atoms with Crippen LogP contribution in [0.15, 0.2) is 18.2 Å². The Morgan fingerprint density at radius 3 is 2.08 bits per heavy atom. The fourth-order valence-electron chi connectivity index (χ4n) is 3.65. The maximum atomic E-state index is 12.7. The van der Waals surface area contributed by atoms with Crippen molar-refractivity contribution in [1.29, 1.82) is 0 Å². The van der Waals surface area contributed by atoms with Crippen molar-refractivity contribution >= 4 is 11.8 Å². The minimum absolute atomic E-state index is 0.0476. The van der Waals surface area contributed by atoms with Gasteiger partial charge in [0.05, 0.1) is 13.2 Å². The third kappa shape index (κ3) is 3.78. The molecule has 2 saturated heterocycles. The molecule has 1 aromatic rings. The molecule has 24 heavy (non-hydrogen) atoms. The normalized spacial score (nSPS) is 19.4. The second kappa shape index (κ2) is 7.34. The van der Waals surface area contributed by atoms with E-state index in [1.165, 1.54) is 0 Å². The monoisotopic (exact) mass is 330 g/mol. The van der Waals surface area contributed by atoms with Gasteiger partial charge in [0.2, 0.25) is 5.91 Å². The summed E-state index contributed by atoms with van der Waals surface area (Å²) in [6.45, 7) is 8.00. The van der Waals surface area contributed by atoms with Crippen molar-refractivity contribution in [3.63, 3.8) is 0 Å². The molecule has 0 unspecified atom stereocenters. The lowest BCUT2D eigenvalue weighted by atomic mass is 9.94. The van der Waals surface area contributed by atoms with Gasteiger partial charge >= 0.3 is 0 Å². The zero-order valence-electron chi connectivity index (χ0n) is 14.6. The van der Waals surface area contributed by atoms with E-state index in [1.54, 1.807) is 0 Å². The number of carbonyl (C=O) groups excluding carboxylic acids is 2. The average molecular weight is 330 g/mol. The fraction of sp³-hybridized carbons (Fsp3) is 0.579. The molecule has 0 spiro atoms. The molecule has 2 amide bonds. The molecule has 0 atom stereocenters. The van der Waals surface area contributed by atoms with E-state index in [0.29, 0.717) is 39.4 Å². The Labute approximate surface area is 143 Å². The van der Waals surface area contributed by atoms with Crippen LogP contribution >= 0.6 is 0 Å². The van der Waals surface area contributed by atoms with Gasteiger partial charge in [0.25, 0.3) is 5.91 Å². The van der Waals surface area contributed by atoms with E-state index in [-0.39, 0.29) is 17.7 Å². The third-order valence-electron chi connectivity index (χ3n) is 4.92. The van der Waals surface area contributed by atoms with Gasteiger partial charge in [0, 0.05) is 37.7 Å². The Bertz CT molecular complexity index is 595.